The monoisotopic (exact) mass is 399 g/mol. The highest BCUT2D eigenvalue weighted by Gasteiger charge is 2.33. The zero-order valence-corrected chi connectivity index (χ0v) is 16.5. The van der Waals surface area contributed by atoms with Crippen LogP contribution < -0.4 is 10.6 Å². The van der Waals surface area contributed by atoms with Crippen molar-refractivity contribution >= 4 is 23.6 Å². The third-order valence-electron chi connectivity index (χ3n) is 4.46. The summed E-state index contributed by atoms with van der Waals surface area (Å²) >= 11 is 6.10. The van der Waals surface area contributed by atoms with E-state index in [4.69, 9.17) is 16.3 Å². The molecule has 0 radical (unpaired) electrons. The first-order chi connectivity index (χ1) is 13.5. The lowest BCUT2D eigenvalue weighted by molar-refractivity contribution is -0.136. The standard InChI is InChI=1S/C21H22ClN3O3/c1-25(12-14-7-4-3-5-8-14)13-17-18(20(26)28-2)19(24-21(27)23-17)15-9-6-10-16(22)11-15/h3-11,19H,12-13H2,1-2H3,(H2,23,24,27). The summed E-state index contributed by atoms with van der Waals surface area (Å²) in [4.78, 5) is 26.9. The maximum Gasteiger partial charge on any atom is 0.338 e. The summed E-state index contributed by atoms with van der Waals surface area (Å²) in [6.07, 6.45) is 0. The van der Waals surface area contributed by atoms with Crippen LogP contribution in [0.4, 0.5) is 4.79 Å². The van der Waals surface area contributed by atoms with Gasteiger partial charge in [-0.1, -0.05) is 54.1 Å². The van der Waals surface area contributed by atoms with E-state index in [1.165, 1.54) is 7.11 Å². The van der Waals surface area contributed by atoms with Gasteiger partial charge in [-0.15, -0.1) is 0 Å². The second kappa shape index (κ2) is 8.91. The Morgan fingerprint density at radius 1 is 1.14 bits per heavy atom. The maximum atomic E-state index is 12.6. The molecule has 146 valence electrons. The van der Waals surface area contributed by atoms with Gasteiger partial charge in [0.15, 0.2) is 0 Å². The summed E-state index contributed by atoms with van der Waals surface area (Å²) in [5, 5.41) is 6.08. The fraction of sp³-hybridized carbons (Fsp3) is 0.238. The first-order valence-corrected chi connectivity index (χ1v) is 9.22. The lowest BCUT2D eigenvalue weighted by Gasteiger charge is -2.31. The third-order valence-corrected chi connectivity index (χ3v) is 4.70. The minimum absolute atomic E-state index is 0.365. The van der Waals surface area contributed by atoms with Crippen LogP contribution in [0.1, 0.15) is 17.2 Å². The summed E-state index contributed by atoms with van der Waals surface area (Å²) in [6, 6.07) is 16.0. The van der Waals surface area contributed by atoms with Crippen LogP contribution in [-0.4, -0.2) is 37.6 Å². The first kappa shape index (κ1) is 19.9. The number of urea groups is 1. The van der Waals surface area contributed by atoms with Gasteiger partial charge in [0.1, 0.15) is 0 Å². The average Bonchev–Trinajstić information content (AvgIpc) is 2.67. The lowest BCUT2D eigenvalue weighted by atomic mass is 9.95. The molecule has 1 atom stereocenters. The van der Waals surface area contributed by atoms with Crippen LogP contribution in [0.15, 0.2) is 65.9 Å². The van der Waals surface area contributed by atoms with E-state index in [9.17, 15) is 9.59 Å². The number of amides is 2. The molecule has 0 saturated heterocycles. The number of carbonyl (C=O) groups is 2. The number of nitrogens with zero attached hydrogens (tertiary/aromatic N) is 1. The molecule has 0 fully saturated rings. The van der Waals surface area contributed by atoms with E-state index in [-0.39, 0.29) is 6.03 Å². The Morgan fingerprint density at radius 2 is 1.89 bits per heavy atom. The molecule has 1 aliphatic rings. The van der Waals surface area contributed by atoms with Crippen LogP contribution in [0.25, 0.3) is 0 Å². The second-order valence-electron chi connectivity index (χ2n) is 6.63. The van der Waals surface area contributed by atoms with Gasteiger partial charge >= 0.3 is 12.0 Å². The van der Waals surface area contributed by atoms with E-state index >= 15 is 0 Å². The van der Waals surface area contributed by atoms with Crippen molar-refractivity contribution in [2.45, 2.75) is 12.6 Å². The van der Waals surface area contributed by atoms with Gasteiger partial charge in [0, 0.05) is 23.8 Å². The zero-order valence-electron chi connectivity index (χ0n) is 15.7. The number of carbonyl (C=O) groups excluding carboxylic acids is 2. The van der Waals surface area contributed by atoms with Gasteiger partial charge < -0.3 is 15.4 Å². The Morgan fingerprint density at radius 3 is 2.57 bits per heavy atom. The number of nitrogens with one attached hydrogen (secondary N) is 2. The summed E-state index contributed by atoms with van der Waals surface area (Å²) in [7, 11) is 3.25. The molecule has 0 aliphatic carbocycles. The lowest BCUT2D eigenvalue weighted by Crippen LogP contribution is -2.48. The highest BCUT2D eigenvalue weighted by molar-refractivity contribution is 6.30. The normalized spacial score (nSPS) is 16.6. The molecule has 0 aromatic heterocycles. The van der Waals surface area contributed by atoms with Crippen LogP contribution in [0, 0.1) is 0 Å². The quantitative estimate of drug-likeness (QED) is 0.731. The van der Waals surface area contributed by atoms with Crippen LogP contribution in [0.3, 0.4) is 0 Å². The molecule has 0 saturated carbocycles. The zero-order chi connectivity index (χ0) is 20.1. The molecule has 0 spiro atoms. The van der Waals surface area contributed by atoms with Crippen molar-refractivity contribution in [2.24, 2.45) is 0 Å². The van der Waals surface area contributed by atoms with Gasteiger partial charge in [-0.2, -0.15) is 0 Å². The van der Waals surface area contributed by atoms with Gasteiger partial charge in [-0.25, -0.2) is 9.59 Å². The number of halogens is 1. The van der Waals surface area contributed by atoms with Crippen LogP contribution in [-0.2, 0) is 16.1 Å². The molecule has 7 heteroatoms. The predicted molar refractivity (Wildman–Crippen MR) is 108 cm³/mol. The molecular weight excluding hydrogens is 378 g/mol. The van der Waals surface area contributed by atoms with E-state index in [1.54, 1.807) is 18.2 Å². The van der Waals surface area contributed by atoms with Crippen molar-refractivity contribution in [2.75, 3.05) is 20.7 Å². The number of methoxy groups -OCH3 is 1. The van der Waals surface area contributed by atoms with Crippen molar-refractivity contribution in [3.05, 3.63) is 82.0 Å². The maximum absolute atomic E-state index is 12.6. The predicted octanol–water partition coefficient (Wildman–Crippen LogP) is 3.25. The van der Waals surface area contributed by atoms with Crippen molar-refractivity contribution in [3.8, 4) is 0 Å². The molecule has 6 nitrogen and oxygen atoms in total. The van der Waals surface area contributed by atoms with Crippen molar-refractivity contribution in [1.29, 1.82) is 0 Å². The van der Waals surface area contributed by atoms with E-state index < -0.39 is 12.0 Å². The number of benzene rings is 2. The van der Waals surface area contributed by atoms with E-state index in [2.05, 4.69) is 10.6 Å². The molecule has 1 aliphatic heterocycles. The second-order valence-corrected chi connectivity index (χ2v) is 7.06. The summed E-state index contributed by atoms with van der Waals surface area (Å²) in [5.74, 6) is -0.499. The van der Waals surface area contributed by atoms with E-state index in [0.29, 0.717) is 34.9 Å². The van der Waals surface area contributed by atoms with Gasteiger partial charge in [-0.3, -0.25) is 4.90 Å². The van der Waals surface area contributed by atoms with Crippen LogP contribution in [0.2, 0.25) is 5.02 Å². The summed E-state index contributed by atoms with van der Waals surface area (Å²) < 4.78 is 5.00. The Kier molecular flexibility index (Phi) is 6.34. The average molecular weight is 400 g/mol. The summed E-state index contributed by atoms with van der Waals surface area (Å²) in [5.41, 5.74) is 2.73. The number of rotatable bonds is 6. The van der Waals surface area contributed by atoms with Crippen LogP contribution >= 0.6 is 11.6 Å². The molecule has 2 aromatic rings. The smallest absolute Gasteiger partial charge is 0.338 e. The minimum atomic E-state index is -0.639. The fourth-order valence-electron chi connectivity index (χ4n) is 3.25. The third kappa shape index (κ3) is 4.71. The molecule has 3 rings (SSSR count). The topological polar surface area (TPSA) is 70.7 Å². The Bertz CT molecular complexity index is 899. The Balaban J connectivity index is 1.93. The number of hydrogen-bond donors (Lipinski definition) is 2. The molecule has 2 N–H and O–H groups in total. The number of hydrogen-bond acceptors (Lipinski definition) is 4. The van der Waals surface area contributed by atoms with Gasteiger partial charge in [-0.05, 0) is 30.3 Å². The number of esters is 1. The largest absolute Gasteiger partial charge is 0.466 e. The van der Waals surface area contributed by atoms with Crippen molar-refractivity contribution in [1.82, 2.24) is 15.5 Å². The molecule has 2 aromatic carbocycles. The highest BCUT2D eigenvalue weighted by Crippen LogP contribution is 2.29. The Hall–Kier alpha value is -2.83. The van der Waals surface area contributed by atoms with Crippen LogP contribution in [0.5, 0.6) is 0 Å². The van der Waals surface area contributed by atoms with E-state index in [1.807, 2.05) is 48.3 Å². The SMILES string of the molecule is COC(=O)C1=C(CN(C)Cc2ccccc2)NC(=O)NC1c1cccc(Cl)c1. The van der Waals surface area contributed by atoms with Gasteiger partial charge in [0.05, 0.1) is 18.7 Å². The molecule has 1 heterocycles. The summed E-state index contributed by atoms with van der Waals surface area (Å²) in [6.45, 7) is 1.05. The molecular formula is C21H22ClN3O3. The molecule has 2 amide bonds. The first-order valence-electron chi connectivity index (χ1n) is 8.84. The van der Waals surface area contributed by atoms with Crippen molar-refractivity contribution < 1.29 is 14.3 Å². The number of likely N-dealkylation sites (N-methyl/N-ethyl adjacent to an activating group) is 1. The number of ether oxygens (including phenoxy) is 1. The Labute approximate surface area is 169 Å². The van der Waals surface area contributed by atoms with Crippen molar-refractivity contribution in [3.63, 3.8) is 0 Å². The molecule has 1 unspecified atom stereocenters. The van der Waals surface area contributed by atoms with Gasteiger partial charge in [0.25, 0.3) is 0 Å². The molecule has 28 heavy (non-hydrogen) atoms. The fourth-order valence-corrected chi connectivity index (χ4v) is 3.45. The minimum Gasteiger partial charge on any atom is -0.466 e. The van der Waals surface area contributed by atoms with Gasteiger partial charge in [0.2, 0.25) is 0 Å². The van der Waals surface area contributed by atoms with E-state index in [0.717, 1.165) is 5.56 Å². The molecule has 0 bridgehead atoms. The highest BCUT2D eigenvalue weighted by atomic mass is 35.5.